The maximum Gasteiger partial charge on any atom is 0.126 e. The minimum atomic E-state index is -0.213. The van der Waals surface area contributed by atoms with Crippen LogP contribution in [-0.2, 0) is 6.54 Å². The third kappa shape index (κ3) is 2.94. The molecule has 0 spiro atoms. The van der Waals surface area contributed by atoms with Gasteiger partial charge in [-0.1, -0.05) is 18.2 Å². The van der Waals surface area contributed by atoms with Gasteiger partial charge in [-0.2, -0.15) is 0 Å². The van der Waals surface area contributed by atoms with Crippen molar-refractivity contribution in [2.24, 2.45) is 0 Å². The van der Waals surface area contributed by atoms with Crippen LogP contribution in [0.15, 0.2) is 48.4 Å². The van der Waals surface area contributed by atoms with Gasteiger partial charge in [-0.25, -0.2) is 9.97 Å². The third-order valence-electron chi connectivity index (χ3n) is 3.03. The number of ether oxygens (including phenoxy) is 1. The van der Waals surface area contributed by atoms with Gasteiger partial charge in [0.2, 0.25) is 0 Å². The normalized spacial score (nSPS) is 13.2. The average Bonchev–Trinajstić information content (AvgIpc) is 2.60. The minimum Gasteiger partial charge on any atom is -0.497 e. The van der Waals surface area contributed by atoms with Crippen molar-refractivity contribution in [1.82, 2.24) is 9.97 Å². The molecule has 0 unspecified atom stereocenters. The van der Waals surface area contributed by atoms with Crippen LogP contribution in [0, 0.1) is 6.92 Å². The number of aryl methyl sites for hydroxylation is 1. The van der Waals surface area contributed by atoms with Crippen molar-refractivity contribution < 1.29 is 10.2 Å². The maximum atomic E-state index is 8.08. The van der Waals surface area contributed by atoms with Crippen molar-refractivity contribution in [3.8, 4) is 5.75 Å². The number of hydrogen-bond donors (Lipinski definition) is 1. The SMILES string of the molecule is [2H]c1c([2H])c(OC)c([2H])c([2H])c1NCc1nc(C)nc2ccccc12. The Bertz CT molecular complexity index is 933. The van der Waals surface area contributed by atoms with E-state index in [2.05, 4.69) is 15.3 Å². The molecule has 0 aliphatic heterocycles. The van der Waals surface area contributed by atoms with E-state index < -0.39 is 0 Å². The lowest BCUT2D eigenvalue weighted by molar-refractivity contribution is 0.415. The van der Waals surface area contributed by atoms with Gasteiger partial charge in [-0.3, -0.25) is 0 Å². The Morgan fingerprint density at radius 2 is 1.90 bits per heavy atom. The maximum absolute atomic E-state index is 8.08. The van der Waals surface area contributed by atoms with Crippen LogP contribution in [0.5, 0.6) is 5.75 Å². The smallest absolute Gasteiger partial charge is 0.126 e. The van der Waals surface area contributed by atoms with Crippen LogP contribution in [-0.4, -0.2) is 17.1 Å². The fourth-order valence-electron chi connectivity index (χ4n) is 2.07. The first-order valence-electron chi connectivity index (χ1n) is 8.54. The van der Waals surface area contributed by atoms with Gasteiger partial charge in [-0.15, -0.1) is 0 Å². The molecule has 3 aromatic rings. The Labute approximate surface area is 129 Å². The molecule has 2 aromatic carbocycles. The number of nitrogens with one attached hydrogen (secondary N) is 1. The largest absolute Gasteiger partial charge is 0.497 e. The molecule has 3 rings (SSSR count). The van der Waals surface area contributed by atoms with Gasteiger partial charge in [-0.05, 0) is 37.2 Å². The number of anilines is 1. The highest BCUT2D eigenvalue weighted by atomic mass is 16.5. The van der Waals surface area contributed by atoms with E-state index in [9.17, 15) is 0 Å². The van der Waals surface area contributed by atoms with Gasteiger partial charge >= 0.3 is 0 Å². The molecule has 1 N–H and O–H groups in total. The lowest BCUT2D eigenvalue weighted by Gasteiger charge is -2.10. The van der Waals surface area contributed by atoms with E-state index in [-0.39, 0.29) is 42.2 Å². The summed E-state index contributed by atoms with van der Waals surface area (Å²) in [6.45, 7) is 2.06. The second-order valence-electron chi connectivity index (χ2n) is 4.50. The summed E-state index contributed by atoms with van der Waals surface area (Å²) >= 11 is 0. The second-order valence-corrected chi connectivity index (χ2v) is 4.50. The Morgan fingerprint density at radius 3 is 2.67 bits per heavy atom. The van der Waals surface area contributed by atoms with Gasteiger partial charge in [0.05, 0.1) is 30.3 Å². The molecule has 0 saturated heterocycles. The number of para-hydroxylation sites is 1. The lowest BCUT2D eigenvalue weighted by Crippen LogP contribution is -2.04. The summed E-state index contributed by atoms with van der Waals surface area (Å²) in [5, 5.41) is 3.87. The van der Waals surface area contributed by atoms with E-state index in [1.54, 1.807) is 6.92 Å². The highest BCUT2D eigenvalue weighted by Crippen LogP contribution is 2.19. The van der Waals surface area contributed by atoms with Crippen LogP contribution in [0.2, 0.25) is 0 Å². The molecule has 1 heterocycles. The molecule has 0 radical (unpaired) electrons. The summed E-state index contributed by atoms with van der Waals surface area (Å²) in [6, 6.07) is 6.84. The van der Waals surface area contributed by atoms with E-state index in [1.165, 1.54) is 7.11 Å². The molecule has 0 aliphatic carbocycles. The first kappa shape index (κ1) is 9.34. The van der Waals surface area contributed by atoms with Gasteiger partial charge in [0, 0.05) is 11.1 Å². The van der Waals surface area contributed by atoms with Crippen LogP contribution in [0.1, 0.15) is 17.0 Å². The summed E-state index contributed by atoms with van der Waals surface area (Å²) in [4.78, 5) is 8.83. The topological polar surface area (TPSA) is 47.0 Å². The molecule has 4 heteroatoms. The molecule has 0 bridgehead atoms. The van der Waals surface area contributed by atoms with Crippen LogP contribution >= 0.6 is 0 Å². The van der Waals surface area contributed by atoms with Crippen molar-refractivity contribution in [2.75, 3.05) is 12.4 Å². The number of fused-ring (bicyclic) bond motifs is 1. The van der Waals surface area contributed by atoms with E-state index in [0.717, 1.165) is 16.6 Å². The summed E-state index contributed by atoms with van der Waals surface area (Å²) in [6.07, 6.45) is 0. The molecule has 0 fully saturated rings. The van der Waals surface area contributed by atoms with Gasteiger partial charge in [0.15, 0.2) is 0 Å². The lowest BCUT2D eigenvalue weighted by atomic mass is 10.2. The molecule has 1 aromatic heterocycles. The molecule has 4 nitrogen and oxygen atoms in total. The summed E-state index contributed by atoms with van der Waals surface area (Å²) in [5.74, 6) is 0.564. The monoisotopic (exact) mass is 283 g/mol. The number of methoxy groups -OCH3 is 1. The Hall–Kier alpha value is -2.62. The number of benzene rings is 2. The molecule has 21 heavy (non-hydrogen) atoms. The fourth-order valence-corrected chi connectivity index (χ4v) is 2.07. The standard InChI is InChI=1S/C17H17N3O/c1-12-19-16-6-4-3-5-15(16)17(20-12)11-18-13-7-9-14(21-2)10-8-13/h3-10,18H,11H2,1-2H3/i7D,8D,9D,10D. The number of nitrogens with zero attached hydrogens (tertiary/aromatic N) is 2. The molecule has 0 saturated carbocycles. The molecule has 106 valence electrons. The number of hydrogen-bond acceptors (Lipinski definition) is 4. The van der Waals surface area contributed by atoms with E-state index >= 15 is 0 Å². The zero-order valence-corrected chi connectivity index (χ0v) is 11.8. The zero-order valence-electron chi connectivity index (χ0n) is 15.8. The highest BCUT2D eigenvalue weighted by Gasteiger charge is 2.05. The van der Waals surface area contributed by atoms with Crippen molar-refractivity contribution >= 4 is 16.6 Å². The highest BCUT2D eigenvalue weighted by molar-refractivity contribution is 5.81. The Balaban J connectivity index is 2.01. The molecular weight excluding hydrogens is 262 g/mol. The van der Waals surface area contributed by atoms with E-state index in [4.69, 9.17) is 10.2 Å². The zero-order chi connectivity index (χ0) is 18.1. The number of rotatable bonds is 4. The summed E-state index contributed by atoms with van der Waals surface area (Å²) in [5.41, 5.74) is 1.67. The van der Waals surface area contributed by atoms with Crippen molar-refractivity contribution in [3.63, 3.8) is 0 Å². The van der Waals surface area contributed by atoms with Crippen molar-refractivity contribution in [1.29, 1.82) is 0 Å². The van der Waals surface area contributed by atoms with Gasteiger partial charge < -0.3 is 10.1 Å². The first-order valence-corrected chi connectivity index (χ1v) is 6.54. The predicted octanol–water partition coefficient (Wildman–Crippen LogP) is 3.56. The molecule has 0 amide bonds. The van der Waals surface area contributed by atoms with Crippen LogP contribution in [0.3, 0.4) is 0 Å². The van der Waals surface area contributed by atoms with Crippen molar-refractivity contribution in [2.45, 2.75) is 13.5 Å². The van der Waals surface area contributed by atoms with E-state index in [1.807, 2.05) is 24.3 Å². The molecule has 0 aliphatic rings. The first-order chi connectivity index (χ1) is 11.9. The third-order valence-corrected chi connectivity index (χ3v) is 3.03. The Morgan fingerprint density at radius 1 is 1.14 bits per heavy atom. The Kier molecular flexibility index (Phi) is 2.58. The van der Waals surface area contributed by atoms with Crippen LogP contribution in [0.25, 0.3) is 10.9 Å². The molecule has 0 atom stereocenters. The van der Waals surface area contributed by atoms with Crippen LogP contribution in [0.4, 0.5) is 5.69 Å². The second kappa shape index (κ2) is 5.79. The summed E-state index contributed by atoms with van der Waals surface area (Å²) in [7, 11) is 1.33. The predicted molar refractivity (Wildman–Crippen MR) is 84.6 cm³/mol. The summed E-state index contributed by atoms with van der Waals surface area (Å²) < 4.78 is 37.0. The number of aromatic nitrogens is 2. The van der Waals surface area contributed by atoms with Gasteiger partial charge in [0.1, 0.15) is 11.6 Å². The molecular formula is C17H17N3O. The minimum absolute atomic E-state index is 0.0659. The van der Waals surface area contributed by atoms with Gasteiger partial charge in [0.25, 0.3) is 0 Å². The fraction of sp³-hybridized carbons (Fsp3) is 0.176. The van der Waals surface area contributed by atoms with E-state index in [0.29, 0.717) is 5.82 Å². The van der Waals surface area contributed by atoms with Crippen LogP contribution < -0.4 is 10.1 Å². The average molecular weight is 283 g/mol. The van der Waals surface area contributed by atoms with Crippen molar-refractivity contribution in [3.05, 3.63) is 60.0 Å². The quantitative estimate of drug-likeness (QED) is 0.795.